The lowest BCUT2D eigenvalue weighted by atomic mass is 10.1. The van der Waals surface area contributed by atoms with Gasteiger partial charge in [-0.3, -0.25) is 4.68 Å². The quantitative estimate of drug-likeness (QED) is 0.868. The molecule has 0 saturated carbocycles. The van der Waals surface area contributed by atoms with Gasteiger partial charge in [-0.25, -0.2) is 0 Å². The maximum atomic E-state index is 5.72. The average Bonchev–Trinajstić information content (AvgIpc) is 2.89. The van der Waals surface area contributed by atoms with Crippen LogP contribution in [0.3, 0.4) is 0 Å². The molecule has 1 aromatic heterocycles. The summed E-state index contributed by atoms with van der Waals surface area (Å²) in [4.78, 5) is 0. The molecule has 1 heterocycles. The maximum Gasteiger partial charge on any atom is 0.119 e. The summed E-state index contributed by atoms with van der Waals surface area (Å²) in [6, 6.07) is 10.1. The first-order valence-corrected chi connectivity index (χ1v) is 6.78. The van der Waals surface area contributed by atoms with Crippen molar-refractivity contribution < 1.29 is 4.74 Å². The Labute approximate surface area is 114 Å². The van der Waals surface area contributed by atoms with Crippen LogP contribution in [0.25, 0.3) is 11.3 Å². The van der Waals surface area contributed by atoms with Crippen molar-refractivity contribution in [1.29, 1.82) is 0 Å². The topological polar surface area (TPSA) is 53.1 Å². The van der Waals surface area contributed by atoms with Crippen LogP contribution in [0.15, 0.2) is 30.3 Å². The van der Waals surface area contributed by atoms with Crippen LogP contribution >= 0.6 is 0 Å². The molecule has 0 unspecified atom stereocenters. The van der Waals surface area contributed by atoms with Gasteiger partial charge in [0.15, 0.2) is 0 Å². The number of ether oxygens (including phenoxy) is 1. The SMILES string of the molecule is CCCOc1ccc(-c2cc(CN)n(CC)n2)cc1. The van der Waals surface area contributed by atoms with Gasteiger partial charge in [0.05, 0.1) is 18.0 Å². The van der Waals surface area contributed by atoms with Gasteiger partial charge in [-0.1, -0.05) is 6.92 Å². The van der Waals surface area contributed by atoms with Crippen LogP contribution in [-0.2, 0) is 13.1 Å². The normalized spacial score (nSPS) is 10.7. The van der Waals surface area contributed by atoms with E-state index in [1.807, 2.05) is 35.0 Å². The number of nitrogens with zero attached hydrogens (tertiary/aromatic N) is 2. The Balaban J connectivity index is 2.19. The molecule has 0 atom stereocenters. The standard InChI is InChI=1S/C15H21N3O/c1-3-9-19-14-7-5-12(6-8-14)15-10-13(11-16)18(4-2)17-15/h5-8,10H,3-4,9,11,16H2,1-2H3. The molecule has 0 radical (unpaired) electrons. The first-order chi connectivity index (χ1) is 9.28. The van der Waals surface area contributed by atoms with Gasteiger partial charge in [0.1, 0.15) is 5.75 Å². The molecule has 2 N–H and O–H groups in total. The molecule has 0 saturated heterocycles. The van der Waals surface area contributed by atoms with Crippen molar-refractivity contribution in [3.8, 4) is 17.0 Å². The third-order valence-corrected chi connectivity index (χ3v) is 2.99. The largest absolute Gasteiger partial charge is 0.494 e. The summed E-state index contributed by atoms with van der Waals surface area (Å²) in [5.41, 5.74) is 8.83. The molecular formula is C15H21N3O. The Hall–Kier alpha value is -1.81. The minimum Gasteiger partial charge on any atom is -0.494 e. The van der Waals surface area contributed by atoms with E-state index in [0.29, 0.717) is 6.54 Å². The van der Waals surface area contributed by atoms with Crippen LogP contribution in [0.2, 0.25) is 0 Å². The molecule has 0 bridgehead atoms. The van der Waals surface area contributed by atoms with E-state index in [4.69, 9.17) is 10.5 Å². The van der Waals surface area contributed by atoms with Gasteiger partial charge in [0, 0.05) is 18.7 Å². The molecule has 0 aliphatic rings. The number of benzene rings is 1. The van der Waals surface area contributed by atoms with Crippen molar-refractivity contribution in [3.05, 3.63) is 36.0 Å². The van der Waals surface area contributed by atoms with E-state index in [-0.39, 0.29) is 0 Å². The van der Waals surface area contributed by atoms with E-state index >= 15 is 0 Å². The molecule has 4 heteroatoms. The van der Waals surface area contributed by atoms with Gasteiger partial charge in [0.25, 0.3) is 0 Å². The minimum atomic E-state index is 0.512. The molecule has 19 heavy (non-hydrogen) atoms. The van der Waals surface area contributed by atoms with E-state index < -0.39 is 0 Å². The summed E-state index contributed by atoms with van der Waals surface area (Å²) in [7, 11) is 0. The van der Waals surface area contributed by atoms with Crippen molar-refractivity contribution in [2.75, 3.05) is 6.61 Å². The number of aryl methyl sites for hydroxylation is 1. The fourth-order valence-electron chi connectivity index (χ4n) is 1.98. The first-order valence-electron chi connectivity index (χ1n) is 6.78. The van der Waals surface area contributed by atoms with Crippen molar-refractivity contribution in [2.45, 2.75) is 33.4 Å². The first kappa shape index (κ1) is 13.6. The van der Waals surface area contributed by atoms with Crippen LogP contribution in [-0.4, -0.2) is 16.4 Å². The molecule has 0 spiro atoms. The second-order valence-electron chi connectivity index (χ2n) is 4.41. The van der Waals surface area contributed by atoms with Crippen molar-refractivity contribution in [2.24, 2.45) is 5.73 Å². The van der Waals surface area contributed by atoms with E-state index in [2.05, 4.69) is 18.9 Å². The third kappa shape index (κ3) is 3.15. The van der Waals surface area contributed by atoms with E-state index in [0.717, 1.165) is 42.3 Å². The third-order valence-electron chi connectivity index (χ3n) is 2.99. The number of aromatic nitrogens is 2. The van der Waals surface area contributed by atoms with Gasteiger partial charge in [-0.2, -0.15) is 5.10 Å². The molecular weight excluding hydrogens is 238 g/mol. The zero-order valence-corrected chi connectivity index (χ0v) is 11.6. The summed E-state index contributed by atoms with van der Waals surface area (Å²) in [6.45, 7) is 6.27. The molecule has 0 fully saturated rings. The van der Waals surface area contributed by atoms with Crippen LogP contribution in [0, 0.1) is 0 Å². The zero-order chi connectivity index (χ0) is 13.7. The van der Waals surface area contributed by atoms with Gasteiger partial charge in [-0.05, 0) is 43.7 Å². The second-order valence-corrected chi connectivity index (χ2v) is 4.41. The van der Waals surface area contributed by atoms with Crippen molar-refractivity contribution in [1.82, 2.24) is 9.78 Å². The number of hydrogen-bond donors (Lipinski definition) is 1. The van der Waals surface area contributed by atoms with E-state index in [9.17, 15) is 0 Å². The summed E-state index contributed by atoms with van der Waals surface area (Å²) >= 11 is 0. The number of nitrogens with two attached hydrogens (primary N) is 1. The highest BCUT2D eigenvalue weighted by Gasteiger charge is 2.07. The summed E-state index contributed by atoms with van der Waals surface area (Å²) in [6.07, 6.45) is 1.02. The molecule has 0 amide bonds. The Morgan fingerprint density at radius 2 is 1.95 bits per heavy atom. The Morgan fingerprint density at radius 1 is 1.21 bits per heavy atom. The monoisotopic (exact) mass is 259 g/mol. The van der Waals surface area contributed by atoms with Gasteiger partial charge < -0.3 is 10.5 Å². The summed E-state index contributed by atoms with van der Waals surface area (Å²) in [5, 5.41) is 4.56. The highest BCUT2D eigenvalue weighted by molar-refractivity contribution is 5.60. The second kappa shape index (κ2) is 6.38. The van der Waals surface area contributed by atoms with Gasteiger partial charge in [0.2, 0.25) is 0 Å². The van der Waals surface area contributed by atoms with E-state index in [1.54, 1.807) is 0 Å². The lowest BCUT2D eigenvalue weighted by Gasteiger charge is -2.04. The Kier molecular flexibility index (Phi) is 4.58. The molecule has 0 aliphatic heterocycles. The fourth-order valence-corrected chi connectivity index (χ4v) is 1.98. The average molecular weight is 259 g/mol. The summed E-state index contributed by atoms with van der Waals surface area (Å²) in [5.74, 6) is 0.902. The van der Waals surface area contributed by atoms with Crippen LogP contribution in [0.5, 0.6) is 5.75 Å². The fraction of sp³-hybridized carbons (Fsp3) is 0.400. The van der Waals surface area contributed by atoms with Crippen LogP contribution in [0.4, 0.5) is 0 Å². The Morgan fingerprint density at radius 3 is 2.47 bits per heavy atom. The molecule has 1 aromatic carbocycles. The highest BCUT2D eigenvalue weighted by Crippen LogP contribution is 2.22. The van der Waals surface area contributed by atoms with Crippen LogP contribution in [0.1, 0.15) is 26.0 Å². The van der Waals surface area contributed by atoms with Crippen molar-refractivity contribution >= 4 is 0 Å². The molecule has 102 valence electrons. The molecule has 0 aliphatic carbocycles. The van der Waals surface area contributed by atoms with Crippen molar-refractivity contribution in [3.63, 3.8) is 0 Å². The molecule has 4 nitrogen and oxygen atoms in total. The number of hydrogen-bond acceptors (Lipinski definition) is 3. The lowest BCUT2D eigenvalue weighted by Crippen LogP contribution is -2.06. The smallest absolute Gasteiger partial charge is 0.119 e. The maximum absolute atomic E-state index is 5.72. The summed E-state index contributed by atoms with van der Waals surface area (Å²) < 4.78 is 7.51. The molecule has 2 aromatic rings. The van der Waals surface area contributed by atoms with Crippen LogP contribution < -0.4 is 10.5 Å². The van der Waals surface area contributed by atoms with Gasteiger partial charge in [-0.15, -0.1) is 0 Å². The molecule has 2 rings (SSSR count). The minimum absolute atomic E-state index is 0.512. The zero-order valence-electron chi connectivity index (χ0n) is 11.6. The predicted molar refractivity (Wildman–Crippen MR) is 77.0 cm³/mol. The lowest BCUT2D eigenvalue weighted by molar-refractivity contribution is 0.317. The number of rotatable bonds is 6. The van der Waals surface area contributed by atoms with Gasteiger partial charge >= 0.3 is 0 Å². The van der Waals surface area contributed by atoms with E-state index in [1.165, 1.54) is 0 Å². The Bertz CT molecular complexity index is 495. The predicted octanol–water partition coefficient (Wildman–Crippen LogP) is 2.82. The highest BCUT2D eigenvalue weighted by atomic mass is 16.5.